The minimum atomic E-state index is -0.931. The molecular formula is C15H16BrF2N3. The average molecular weight is 356 g/mol. The standard InChI is InChI=1S/C15H16BrF2N3/c1-4-11-8(3)14(19-5-2)21-15(20-11)9-6-7-10(17)13(18)12(9)16/h6-7H,4-5H2,1-3H3,(H,19,20,21). The van der Waals surface area contributed by atoms with E-state index < -0.39 is 11.6 Å². The molecule has 2 rings (SSSR count). The van der Waals surface area contributed by atoms with Gasteiger partial charge >= 0.3 is 0 Å². The Kier molecular flexibility index (Phi) is 4.88. The van der Waals surface area contributed by atoms with Crippen molar-refractivity contribution in [1.29, 1.82) is 0 Å². The molecule has 0 aliphatic carbocycles. The molecule has 0 bridgehead atoms. The zero-order chi connectivity index (χ0) is 15.6. The summed E-state index contributed by atoms with van der Waals surface area (Å²) in [6.45, 7) is 6.63. The van der Waals surface area contributed by atoms with Crippen molar-refractivity contribution >= 4 is 21.7 Å². The van der Waals surface area contributed by atoms with Gasteiger partial charge in [0, 0.05) is 23.4 Å². The van der Waals surface area contributed by atoms with E-state index in [-0.39, 0.29) is 4.47 Å². The Balaban J connectivity index is 2.64. The van der Waals surface area contributed by atoms with Gasteiger partial charge in [-0.3, -0.25) is 0 Å². The molecule has 1 N–H and O–H groups in total. The molecule has 0 unspecified atom stereocenters. The summed E-state index contributed by atoms with van der Waals surface area (Å²) in [5.74, 6) is -0.741. The van der Waals surface area contributed by atoms with Gasteiger partial charge in [-0.15, -0.1) is 0 Å². The monoisotopic (exact) mass is 355 g/mol. The van der Waals surface area contributed by atoms with Gasteiger partial charge in [-0.1, -0.05) is 6.92 Å². The maximum Gasteiger partial charge on any atom is 0.173 e. The lowest BCUT2D eigenvalue weighted by atomic mass is 10.1. The number of anilines is 1. The molecule has 1 aromatic carbocycles. The molecular weight excluding hydrogens is 340 g/mol. The Labute approximate surface area is 131 Å². The van der Waals surface area contributed by atoms with Crippen LogP contribution in [0, 0.1) is 18.6 Å². The average Bonchev–Trinajstić information content (AvgIpc) is 2.47. The van der Waals surface area contributed by atoms with Crippen LogP contribution in [0.2, 0.25) is 0 Å². The second kappa shape index (κ2) is 6.47. The van der Waals surface area contributed by atoms with Crippen molar-refractivity contribution in [1.82, 2.24) is 9.97 Å². The van der Waals surface area contributed by atoms with Crippen LogP contribution in [0.1, 0.15) is 25.1 Å². The van der Waals surface area contributed by atoms with E-state index in [2.05, 4.69) is 31.2 Å². The van der Waals surface area contributed by atoms with Gasteiger partial charge in [0.25, 0.3) is 0 Å². The molecule has 1 aromatic heterocycles. The van der Waals surface area contributed by atoms with Crippen molar-refractivity contribution in [2.75, 3.05) is 11.9 Å². The van der Waals surface area contributed by atoms with E-state index >= 15 is 0 Å². The van der Waals surface area contributed by atoms with Crippen LogP contribution in [-0.4, -0.2) is 16.5 Å². The molecule has 1 heterocycles. The molecule has 0 atom stereocenters. The van der Waals surface area contributed by atoms with Crippen LogP contribution in [0.15, 0.2) is 16.6 Å². The maximum atomic E-state index is 13.7. The Hall–Kier alpha value is -1.56. The van der Waals surface area contributed by atoms with E-state index in [0.717, 1.165) is 36.1 Å². The number of hydrogen-bond donors (Lipinski definition) is 1. The fourth-order valence-electron chi connectivity index (χ4n) is 2.07. The molecule has 21 heavy (non-hydrogen) atoms. The fraction of sp³-hybridized carbons (Fsp3) is 0.333. The number of benzene rings is 1. The first-order valence-electron chi connectivity index (χ1n) is 6.74. The van der Waals surface area contributed by atoms with Crippen LogP contribution in [0.3, 0.4) is 0 Å². The zero-order valence-corrected chi connectivity index (χ0v) is 13.7. The third-order valence-corrected chi connectivity index (χ3v) is 3.98. The van der Waals surface area contributed by atoms with Gasteiger partial charge in [0.1, 0.15) is 5.82 Å². The summed E-state index contributed by atoms with van der Waals surface area (Å²) < 4.78 is 27.0. The van der Waals surface area contributed by atoms with Gasteiger partial charge < -0.3 is 5.32 Å². The Bertz CT molecular complexity index is 674. The largest absolute Gasteiger partial charge is 0.370 e. The number of nitrogens with zero attached hydrogens (tertiary/aromatic N) is 2. The fourth-order valence-corrected chi connectivity index (χ4v) is 2.56. The van der Waals surface area contributed by atoms with Gasteiger partial charge in [0.15, 0.2) is 17.5 Å². The van der Waals surface area contributed by atoms with Crippen molar-refractivity contribution in [2.45, 2.75) is 27.2 Å². The smallest absolute Gasteiger partial charge is 0.173 e. The summed E-state index contributed by atoms with van der Waals surface area (Å²) in [4.78, 5) is 8.90. The molecule has 2 aromatic rings. The van der Waals surface area contributed by atoms with Crippen LogP contribution in [0.25, 0.3) is 11.4 Å². The van der Waals surface area contributed by atoms with Gasteiger partial charge in [0.05, 0.1) is 4.47 Å². The summed E-state index contributed by atoms with van der Waals surface area (Å²) in [6, 6.07) is 2.56. The molecule has 0 spiro atoms. The summed E-state index contributed by atoms with van der Waals surface area (Å²) >= 11 is 3.08. The predicted octanol–water partition coefficient (Wildman–Crippen LogP) is 4.49. The lowest BCUT2D eigenvalue weighted by Gasteiger charge is -2.13. The molecule has 0 radical (unpaired) electrons. The van der Waals surface area contributed by atoms with E-state index in [1.807, 2.05) is 20.8 Å². The van der Waals surface area contributed by atoms with Crippen LogP contribution in [0.4, 0.5) is 14.6 Å². The van der Waals surface area contributed by atoms with Gasteiger partial charge in [-0.05, 0) is 48.3 Å². The molecule has 112 valence electrons. The van der Waals surface area contributed by atoms with Crippen molar-refractivity contribution in [2.24, 2.45) is 0 Å². The molecule has 0 saturated carbocycles. The van der Waals surface area contributed by atoms with Crippen LogP contribution >= 0.6 is 15.9 Å². The second-order valence-electron chi connectivity index (χ2n) is 4.57. The number of rotatable bonds is 4. The molecule has 0 saturated heterocycles. The molecule has 6 heteroatoms. The molecule has 3 nitrogen and oxygen atoms in total. The Morgan fingerprint density at radius 3 is 2.52 bits per heavy atom. The molecule has 0 aliphatic rings. The number of nitrogens with one attached hydrogen (secondary N) is 1. The maximum absolute atomic E-state index is 13.7. The van der Waals surface area contributed by atoms with Crippen LogP contribution in [0.5, 0.6) is 0 Å². The summed E-state index contributed by atoms with van der Waals surface area (Å²) in [5.41, 5.74) is 2.29. The SMILES string of the molecule is CCNc1nc(-c2ccc(F)c(F)c2Br)nc(CC)c1C. The lowest BCUT2D eigenvalue weighted by molar-refractivity contribution is 0.504. The molecule has 0 amide bonds. The highest BCUT2D eigenvalue weighted by Gasteiger charge is 2.17. The zero-order valence-electron chi connectivity index (χ0n) is 12.1. The van der Waals surface area contributed by atoms with Crippen molar-refractivity contribution in [3.63, 3.8) is 0 Å². The molecule has 0 aliphatic heterocycles. The number of aryl methyl sites for hydroxylation is 1. The highest BCUT2D eigenvalue weighted by molar-refractivity contribution is 9.10. The van der Waals surface area contributed by atoms with E-state index in [9.17, 15) is 8.78 Å². The van der Waals surface area contributed by atoms with Crippen molar-refractivity contribution < 1.29 is 8.78 Å². The minimum Gasteiger partial charge on any atom is -0.370 e. The van der Waals surface area contributed by atoms with Gasteiger partial charge in [-0.2, -0.15) is 0 Å². The summed E-state index contributed by atoms with van der Waals surface area (Å²) in [5, 5.41) is 3.17. The van der Waals surface area contributed by atoms with Crippen molar-refractivity contribution in [3.05, 3.63) is 39.5 Å². The van der Waals surface area contributed by atoms with Crippen LogP contribution in [-0.2, 0) is 6.42 Å². The highest BCUT2D eigenvalue weighted by Crippen LogP contribution is 2.31. The number of halogens is 3. The second-order valence-corrected chi connectivity index (χ2v) is 5.37. The quantitative estimate of drug-likeness (QED) is 0.821. The number of aromatic nitrogens is 2. The van der Waals surface area contributed by atoms with Crippen LogP contribution < -0.4 is 5.32 Å². The summed E-state index contributed by atoms with van der Waals surface area (Å²) in [6.07, 6.45) is 0.737. The normalized spacial score (nSPS) is 10.8. The Morgan fingerprint density at radius 1 is 1.19 bits per heavy atom. The first-order chi connectivity index (χ1) is 9.99. The summed E-state index contributed by atoms with van der Waals surface area (Å²) in [7, 11) is 0. The first-order valence-corrected chi connectivity index (χ1v) is 7.54. The van der Waals surface area contributed by atoms with Gasteiger partial charge in [0.2, 0.25) is 0 Å². The van der Waals surface area contributed by atoms with Gasteiger partial charge in [-0.25, -0.2) is 18.7 Å². The topological polar surface area (TPSA) is 37.8 Å². The van der Waals surface area contributed by atoms with Crippen molar-refractivity contribution in [3.8, 4) is 11.4 Å². The highest BCUT2D eigenvalue weighted by atomic mass is 79.9. The van der Waals surface area contributed by atoms with E-state index in [1.54, 1.807) is 0 Å². The molecule has 0 fully saturated rings. The third kappa shape index (κ3) is 3.05. The minimum absolute atomic E-state index is 0.0378. The predicted molar refractivity (Wildman–Crippen MR) is 83.4 cm³/mol. The van der Waals surface area contributed by atoms with E-state index in [1.165, 1.54) is 6.07 Å². The first kappa shape index (κ1) is 15.8. The Morgan fingerprint density at radius 2 is 1.90 bits per heavy atom. The third-order valence-electron chi connectivity index (χ3n) is 3.20. The lowest BCUT2D eigenvalue weighted by Crippen LogP contribution is -2.08. The van der Waals surface area contributed by atoms with E-state index in [4.69, 9.17) is 0 Å². The van der Waals surface area contributed by atoms with E-state index in [0.29, 0.717) is 11.4 Å². The number of hydrogen-bond acceptors (Lipinski definition) is 3.